The van der Waals surface area contributed by atoms with Gasteiger partial charge in [-0.3, -0.25) is 5.32 Å². The van der Waals surface area contributed by atoms with E-state index >= 15 is 0 Å². The maximum Gasteiger partial charge on any atom is 0.130 e. The molecule has 88 valence electrons. The van der Waals surface area contributed by atoms with E-state index in [9.17, 15) is 5.26 Å². The van der Waals surface area contributed by atoms with Crippen molar-refractivity contribution >= 4 is 54.5 Å². The highest BCUT2D eigenvalue weighted by Gasteiger charge is 2.14. The van der Waals surface area contributed by atoms with Gasteiger partial charge in [-0.15, -0.1) is 22.7 Å². The zero-order valence-corrected chi connectivity index (χ0v) is 13.4. The van der Waals surface area contributed by atoms with Crippen molar-refractivity contribution in [2.45, 2.75) is 12.6 Å². The van der Waals surface area contributed by atoms with Crippen LogP contribution in [0.5, 0.6) is 0 Å². The van der Waals surface area contributed by atoms with Crippen molar-refractivity contribution in [2.24, 2.45) is 0 Å². The molecule has 0 fully saturated rings. The van der Waals surface area contributed by atoms with Gasteiger partial charge >= 0.3 is 0 Å². The van der Waals surface area contributed by atoms with Gasteiger partial charge in [0.25, 0.3) is 0 Å². The van der Waals surface area contributed by atoms with Gasteiger partial charge in [0.2, 0.25) is 0 Å². The van der Waals surface area contributed by atoms with Gasteiger partial charge in [0.05, 0.1) is 9.86 Å². The van der Waals surface area contributed by atoms with E-state index in [4.69, 9.17) is 0 Å². The molecule has 1 N–H and O–H groups in total. The van der Waals surface area contributed by atoms with Crippen LogP contribution < -0.4 is 5.32 Å². The van der Waals surface area contributed by atoms with E-state index in [2.05, 4.69) is 49.3 Å². The summed E-state index contributed by atoms with van der Waals surface area (Å²) in [7, 11) is 0. The van der Waals surface area contributed by atoms with Crippen molar-refractivity contribution in [3.8, 4) is 6.07 Å². The summed E-state index contributed by atoms with van der Waals surface area (Å²) in [5.74, 6) is 0. The van der Waals surface area contributed by atoms with Crippen LogP contribution >= 0.6 is 54.5 Å². The molecule has 2 nitrogen and oxygen atoms in total. The predicted octanol–water partition coefficient (Wildman–Crippen LogP) is 4.69. The van der Waals surface area contributed by atoms with Crippen molar-refractivity contribution in [1.29, 1.82) is 5.26 Å². The van der Waals surface area contributed by atoms with Gasteiger partial charge in [-0.05, 0) is 49.4 Å². The average Bonchev–Trinajstić information content (AvgIpc) is 2.91. The van der Waals surface area contributed by atoms with E-state index in [1.807, 2.05) is 17.5 Å². The van der Waals surface area contributed by atoms with Crippen LogP contribution in [0.1, 0.15) is 15.8 Å². The summed E-state index contributed by atoms with van der Waals surface area (Å²) in [5, 5.41) is 14.5. The maximum absolute atomic E-state index is 9.18. The maximum atomic E-state index is 9.18. The zero-order valence-electron chi connectivity index (χ0n) is 8.61. The van der Waals surface area contributed by atoms with Gasteiger partial charge in [-0.25, -0.2) is 0 Å². The Hall–Kier alpha value is -0.190. The van der Waals surface area contributed by atoms with E-state index in [-0.39, 0.29) is 6.04 Å². The van der Waals surface area contributed by atoms with Gasteiger partial charge in [-0.2, -0.15) is 5.26 Å². The van der Waals surface area contributed by atoms with Crippen LogP contribution in [0, 0.1) is 11.3 Å². The lowest BCUT2D eigenvalue weighted by Gasteiger charge is -2.07. The third kappa shape index (κ3) is 3.39. The molecule has 0 aliphatic carbocycles. The molecule has 1 unspecified atom stereocenters. The summed E-state index contributed by atoms with van der Waals surface area (Å²) >= 11 is 10.1. The molecule has 1 atom stereocenters. The number of rotatable bonds is 4. The summed E-state index contributed by atoms with van der Waals surface area (Å²) in [4.78, 5) is 2.25. The second-order valence-corrected chi connectivity index (χ2v) is 7.58. The molecule has 6 heteroatoms. The van der Waals surface area contributed by atoms with Gasteiger partial charge in [0.1, 0.15) is 6.04 Å². The van der Waals surface area contributed by atoms with Crippen LogP contribution in [0.4, 0.5) is 0 Å². The Balaban J connectivity index is 2.04. The fraction of sp³-hybridized carbons (Fsp3) is 0.182. The SMILES string of the molecule is N#CC(NCc1cccs1)c1cc(Br)c(Br)s1. The molecule has 2 heterocycles. The smallest absolute Gasteiger partial charge is 0.130 e. The Bertz CT molecular complexity index is 509. The molecule has 0 radical (unpaired) electrons. The number of hydrogen-bond donors (Lipinski definition) is 1. The third-order valence-corrected chi connectivity index (χ3v) is 6.34. The number of nitrogens with one attached hydrogen (secondary N) is 1. The lowest BCUT2D eigenvalue weighted by molar-refractivity contribution is 0.644. The minimum atomic E-state index is -0.260. The Labute approximate surface area is 125 Å². The van der Waals surface area contributed by atoms with E-state index < -0.39 is 0 Å². The highest BCUT2D eigenvalue weighted by atomic mass is 79.9. The fourth-order valence-electron chi connectivity index (χ4n) is 1.33. The molecular weight excluding hydrogens is 384 g/mol. The minimum Gasteiger partial charge on any atom is -0.293 e. The molecule has 2 aromatic rings. The Morgan fingerprint density at radius 3 is 2.82 bits per heavy atom. The topological polar surface area (TPSA) is 35.8 Å². The van der Waals surface area contributed by atoms with Crippen LogP contribution in [0.25, 0.3) is 0 Å². The number of thiophene rings is 2. The van der Waals surface area contributed by atoms with Gasteiger partial charge in [0, 0.05) is 20.8 Å². The predicted molar refractivity (Wildman–Crippen MR) is 79.2 cm³/mol. The lowest BCUT2D eigenvalue weighted by Crippen LogP contribution is -2.17. The zero-order chi connectivity index (χ0) is 12.3. The van der Waals surface area contributed by atoms with Gasteiger partial charge < -0.3 is 0 Å². The van der Waals surface area contributed by atoms with Crippen LogP contribution in [0.15, 0.2) is 31.8 Å². The normalized spacial score (nSPS) is 12.3. The minimum absolute atomic E-state index is 0.260. The molecule has 17 heavy (non-hydrogen) atoms. The highest BCUT2D eigenvalue weighted by Crippen LogP contribution is 2.35. The molecular formula is C11H8Br2N2S2. The molecule has 0 saturated carbocycles. The molecule has 0 amide bonds. The van der Waals surface area contributed by atoms with Crippen molar-refractivity contribution in [2.75, 3.05) is 0 Å². The van der Waals surface area contributed by atoms with Gasteiger partial charge in [0.15, 0.2) is 0 Å². The first kappa shape index (κ1) is 13.2. The van der Waals surface area contributed by atoms with Crippen LogP contribution in [0.3, 0.4) is 0 Å². The summed E-state index contributed by atoms with van der Waals surface area (Å²) in [6.07, 6.45) is 0. The van der Waals surface area contributed by atoms with E-state index in [0.29, 0.717) is 0 Å². The highest BCUT2D eigenvalue weighted by molar-refractivity contribution is 9.13. The number of hydrogen-bond acceptors (Lipinski definition) is 4. The summed E-state index contributed by atoms with van der Waals surface area (Å²) in [6, 6.07) is 8.08. The lowest BCUT2D eigenvalue weighted by atomic mass is 10.2. The second-order valence-electron chi connectivity index (χ2n) is 3.29. The number of halogens is 2. The van der Waals surface area contributed by atoms with Crippen molar-refractivity contribution in [3.63, 3.8) is 0 Å². The standard InChI is InChI=1S/C11H8Br2N2S2/c12-8-4-10(17-11(8)13)9(5-14)15-6-7-2-1-3-16-7/h1-4,9,15H,6H2. The Morgan fingerprint density at radius 1 is 1.47 bits per heavy atom. The monoisotopic (exact) mass is 390 g/mol. The number of nitrogens with zero attached hydrogens (tertiary/aromatic N) is 1. The summed E-state index contributed by atoms with van der Waals surface area (Å²) in [5.41, 5.74) is 0. The summed E-state index contributed by atoms with van der Waals surface area (Å²) in [6.45, 7) is 0.725. The van der Waals surface area contributed by atoms with E-state index in [0.717, 1.165) is 19.7 Å². The third-order valence-electron chi connectivity index (χ3n) is 2.14. The first-order chi connectivity index (χ1) is 8.20. The summed E-state index contributed by atoms with van der Waals surface area (Å²) < 4.78 is 2.02. The van der Waals surface area contributed by atoms with Crippen LogP contribution in [0.2, 0.25) is 0 Å². The second kappa shape index (κ2) is 6.12. The van der Waals surface area contributed by atoms with Crippen molar-refractivity contribution < 1.29 is 0 Å². The molecule has 0 saturated heterocycles. The quantitative estimate of drug-likeness (QED) is 0.820. The van der Waals surface area contributed by atoms with Crippen molar-refractivity contribution in [3.05, 3.63) is 41.6 Å². The molecule has 0 aliphatic heterocycles. The largest absolute Gasteiger partial charge is 0.293 e. The molecule has 0 aromatic carbocycles. The average molecular weight is 392 g/mol. The number of nitriles is 1. The first-order valence-electron chi connectivity index (χ1n) is 4.81. The van der Waals surface area contributed by atoms with Gasteiger partial charge in [-0.1, -0.05) is 6.07 Å². The Kier molecular flexibility index (Phi) is 4.77. The van der Waals surface area contributed by atoms with Crippen LogP contribution in [-0.4, -0.2) is 0 Å². The van der Waals surface area contributed by atoms with E-state index in [1.165, 1.54) is 4.88 Å². The van der Waals surface area contributed by atoms with Crippen molar-refractivity contribution in [1.82, 2.24) is 5.32 Å². The molecule has 2 aromatic heterocycles. The molecule has 2 rings (SSSR count). The molecule has 0 bridgehead atoms. The van der Waals surface area contributed by atoms with Crippen LogP contribution in [-0.2, 0) is 6.54 Å². The first-order valence-corrected chi connectivity index (χ1v) is 8.09. The van der Waals surface area contributed by atoms with E-state index in [1.54, 1.807) is 22.7 Å². The molecule has 0 spiro atoms. The fourth-order valence-corrected chi connectivity index (χ4v) is 4.10. The molecule has 0 aliphatic rings. The Morgan fingerprint density at radius 2 is 2.29 bits per heavy atom.